The Bertz CT molecular complexity index is 868. The summed E-state index contributed by atoms with van der Waals surface area (Å²) in [5.74, 6) is -0.505. The minimum Gasteiger partial charge on any atom is -0.433 e. The number of carbonyl (C=O) groups excluding carboxylic acids is 1. The lowest BCUT2D eigenvalue weighted by atomic mass is 10.2. The summed E-state index contributed by atoms with van der Waals surface area (Å²) in [4.78, 5) is 16.2. The minimum atomic E-state index is -2.97. The van der Waals surface area contributed by atoms with Crippen molar-refractivity contribution in [2.24, 2.45) is 0 Å². The first-order chi connectivity index (χ1) is 12.0. The second kappa shape index (κ2) is 7.31. The molecule has 0 atom stereocenters. The molecule has 1 amide bonds. The van der Waals surface area contributed by atoms with Crippen molar-refractivity contribution >= 4 is 23.2 Å². The number of hydrogen-bond acceptors (Lipinski definition) is 3. The predicted molar refractivity (Wildman–Crippen MR) is 89.6 cm³/mol. The van der Waals surface area contributed by atoms with E-state index in [1.165, 1.54) is 18.2 Å². The third kappa shape index (κ3) is 4.13. The van der Waals surface area contributed by atoms with Crippen LogP contribution >= 0.6 is 11.6 Å². The Morgan fingerprint density at radius 1 is 1.20 bits per heavy atom. The number of nitrogens with one attached hydrogen (secondary N) is 1. The second-order valence-corrected chi connectivity index (χ2v) is 5.40. The number of anilines is 1. The molecule has 0 bridgehead atoms. The van der Waals surface area contributed by atoms with Gasteiger partial charge in [0.2, 0.25) is 0 Å². The van der Waals surface area contributed by atoms with Crippen LogP contribution in [-0.4, -0.2) is 22.1 Å². The molecule has 128 valence electrons. The van der Waals surface area contributed by atoms with Crippen molar-refractivity contribution in [2.75, 3.05) is 5.32 Å². The molecule has 1 N–H and O–H groups in total. The van der Waals surface area contributed by atoms with Crippen LogP contribution in [0.3, 0.4) is 0 Å². The van der Waals surface area contributed by atoms with Crippen LogP contribution in [0.15, 0.2) is 61.2 Å². The molecule has 0 aliphatic carbocycles. The van der Waals surface area contributed by atoms with Crippen LogP contribution in [0.5, 0.6) is 5.75 Å². The first kappa shape index (κ1) is 16.9. The zero-order valence-corrected chi connectivity index (χ0v) is 13.5. The molecular weight excluding hydrogens is 352 g/mol. The Hall–Kier alpha value is -2.93. The molecule has 0 aliphatic heterocycles. The van der Waals surface area contributed by atoms with Crippen molar-refractivity contribution in [2.45, 2.75) is 6.61 Å². The van der Waals surface area contributed by atoms with Gasteiger partial charge >= 0.3 is 6.61 Å². The highest BCUT2D eigenvalue weighted by atomic mass is 35.5. The molecule has 1 heterocycles. The van der Waals surface area contributed by atoms with E-state index in [0.29, 0.717) is 11.3 Å². The first-order valence-electron chi connectivity index (χ1n) is 7.17. The molecule has 0 unspecified atom stereocenters. The number of amides is 1. The first-order valence-corrected chi connectivity index (χ1v) is 7.55. The van der Waals surface area contributed by atoms with Crippen LogP contribution in [0.1, 0.15) is 10.4 Å². The second-order valence-electron chi connectivity index (χ2n) is 4.99. The van der Waals surface area contributed by atoms with Gasteiger partial charge in [-0.1, -0.05) is 11.6 Å². The molecule has 0 spiro atoms. The minimum absolute atomic E-state index is 0.0199. The lowest BCUT2D eigenvalue weighted by molar-refractivity contribution is -0.0497. The van der Waals surface area contributed by atoms with E-state index in [9.17, 15) is 13.6 Å². The number of carbonyl (C=O) groups is 1. The fraction of sp³-hybridized carbons (Fsp3) is 0.0588. The summed E-state index contributed by atoms with van der Waals surface area (Å²) in [6.07, 6.45) is 5.10. The zero-order valence-electron chi connectivity index (χ0n) is 12.7. The number of hydrogen-bond donors (Lipinski definition) is 1. The van der Waals surface area contributed by atoms with Crippen LogP contribution < -0.4 is 10.1 Å². The van der Waals surface area contributed by atoms with Gasteiger partial charge in [0.25, 0.3) is 5.91 Å². The van der Waals surface area contributed by atoms with E-state index in [2.05, 4.69) is 15.0 Å². The van der Waals surface area contributed by atoms with E-state index < -0.39 is 6.61 Å². The van der Waals surface area contributed by atoms with Crippen molar-refractivity contribution in [1.82, 2.24) is 9.55 Å². The molecule has 0 saturated heterocycles. The van der Waals surface area contributed by atoms with Crippen molar-refractivity contribution in [1.29, 1.82) is 0 Å². The van der Waals surface area contributed by atoms with Crippen molar-refractivity contribution < 1.29 is 18.3 Å². The molecule has 1 aromatic heterocycles. The average Bonchev–Trinajstić information content (AvgIpc) is 3.12. The van der Waals surface area contributed by atoms with Crippen molar-refractivity contribution in [3.63, 3.8) is 0 Å². The van der Waals surface area contributed by atoms with Crippen molar-refractivity contribution in [3.8, 4) is 11.4 Å². The van der Waals surface area contributed by atoms with E-state index in [0.717, 1.165) is 5.69 Å². The number of nitrogens with zero attached hydrogens (tertiary/aromatic N) is 2. The Balaban J connectivity index is 1.70. The van der Waals surface area contributed by atoms with Gasteiger partial charge in [-0.2, -0.15) is 8.78 Å². The topological polar surface area (TPSA) is 56.1 Å². The maximum atomic E-state index is 12.3. The lowest BCUT2D eigenvalue weighted by Crippen LogP contribution is -2.12. The average molecular weight is 364 g/mol. The van der Waals surface area contributed by atoms with Crippen LogP contribution in [0.2, 0.25) is 5.02 Å². The largest absolute Gasteiger partial charge is 0.433 e. The Kier molecular flexibility index (Phi) is 4.95. The van der Waals surface area contributed by atoms with E-state index in [1.54, 1.807) is 43.0 Å². The van der Waals surface area contributed by atoms with Gasteiger partial charge in [-0.3, -0.25) is 4.79 Å². The summed E-state index contributed by atoms with van der Waals surface area (Å²) < 4.78 is 30.5. The van der Waals surface area contributed by atoms with Crippen LogP contribution in [0, 0.1) is 0 Å². The Morgan fingerprint density at radius 2 is 1.96 bits per heavy atom. The lowest BCUT2D eigenvalue weighted by Gasteiger charge is -2.10. The van der Waals surface area contributed by atoms with E-state index in [4.69, 9.17) is 11.6 Å². The van der Waals surface area contributed by atoms with Gasteiger partial charge in [-0.25, -0.2) is 4.98 Å². The van der Waals surface area contributed by atoms with E-state index >= 15 is 0 Å². The highest BCUT2D eigenvalue weighted by Crippen LogP contribution is 2.29. The van der Waals surface area contributed by atoms with Gasteiger partial charge in [-0.05, 0) is 42.5 Å². The third-order valence-corrected chi connectivity index (χ3v) is 3.63. The highest BCUT2D eigenvalue weighted by Gasteiger charge is 2.11. The van der Waals surface area contributed by atoms with Gasteiger partial charge < -0.3 is 14.6 Å². The summed E-state index contributed by atoms with van der Waals surface area (Å²) >= 11 is 5.86. The van der Waals surface area contributed by atoms with Gasteiger partial charge in [-0.15, -0.1) is 0 Å². The number of ether oxygens (including phenoxy) is 1. The molecule has 0 radical (unpaired) electrons. The van der Waals surface area contributed by atoms with Crippen LogP contribution in [0.25, 0.3) is 5.69 Å². The number of rotatable bonds is 5. The third-order valence-electron chi connectivity index (χ3n) is 3.34. The maximum absolute atomic E-state index is 12.3. The molecule has 8 heteroatoms. The molecule has 0 fully saturated rings. The Morgan fingerprint density at radius 3 is 2.56 bits per heavy atom. The fourth-order valence-electron chi connectivity index (χ4n) is 2.17. The van der Waals surface area contributed by atoms with Gasteiger partial charge in [0.1, 0.15) is 5.75 Å². The maximum Gasteiger partial charge on any atom is 0.387 e. The summed E-state index contributed by atoms with van der Waals surface area (Å²) in [5, 5.41) is 2.63. The number of benzene rings is 2. The molecule has 5 nitrogen and oxygen atoms in total. The molecule has 3 aromatic rings. The molecule has 3 rings (SSSR count). The molecule has 2 aromatic carbocycles. The zero-order chi connectivity index (χ0) is 17.8. The van der Waals surface area contributed by atoms with Crippen LogP contribution in [0.4, 0.5) is 14.5 Å². The van der Waals surface area contributed by atoms with Gasteiger partial charge in [0, 0.05) is 29.3 Å². The quantitative estimate of drug-likeness (QED) is 0.732. The number of imidazole rings is 1. The number of aromatic nitrogens is 2. The standard InChI is InChI=1S/C17H12ClF2N3O2/c18-14-9-12(3-6-15(14)25-17(19)20)22-16(24)11-1-4-13(5-2-11)23-8-7-21-10-23/h1-10,17H,(H,22,24). The summed E-state index contributed by atoms with van der Waals surface area (Å²) in [6, 6.07) is 10.9. The molecule has 0 aliphatic rings. The van der Waals surface area contributed by atoms with Crippen LogP contribution in [-0.2, 0) is 0 Å². The number of alkyl halides is 2. The van der Waals surface area contributed by atoms with Gasteiger partial charge in [0.05, 0.1) is 11.3 Å². The predicted octanol–water partition coefficient (Wildman–Crippen LogP) is 4.38. The SMILES string of the molecule is O=C(Nc1ccc(OC(F)F)c(Cl)c1)c1ccc(-n2ccnc2)cc1. The summed E-state index contributed by atoms with van der Waals surface area (Å²) in [7, 11) is 0. The normalized spacial score (nSPS) is 10.7. The molecule has 0 saturated carbocycles. The van der Waals surface area contributed by atoms with E-state index in [-0.39, 0.29) is 16.7 Å². The number of halogens is 3. The fourth-order valence-corrected chi connectivity index (χ4v) is 2.40. The Labute approximate surface area is 146 Å². The van der Waals surface area contributed by atoms with Crippen molar-refractivity contribution in [3.05, 3.63) is 71.8 Å². The monoisotopic (exact) mass is 363 g/mol. The van der Waals surface area contributed by atoms with E-state index in [1.807, 2.05) is 4.57 Å². The molecule has 25 heavy (non-hydrogen) atoms. The summed E-state index contributed by atoms with van der Waals surface area (Å²) in [5.41, 5.74) is 1.67. The molecular formula is C17H12ClF2N3O2. The highest BCUT2D eigenvalue weighted by molar-refractivity contribution is 6.32. The smallest absolute Gasteiger partial charge is 0.387 e. The summed E-state index contributed by atoms with van der Waals surface area (Å²) in [6.45, 7) is -2.97. The van der Waals surface area contributed by atoms with Gasteiger partial charge in [0.15, 0.2) is 0 Å².